The van der Waals surface area contributed by atoms with Gasteiger partial charge in [0.25, 0.3) is 0 Å². The van der Waals surface area contributed by atoms with Crippen molar-refractivity contribution in [3.63, 3.8) is 0 Å². The second kappa shape index (κ2) is 5.59. The molecule has 2 N–H and O–H groups in total. The zero-order chi connectivity index (χ0) is 13.9. The maximum atomic E-state index is 11.8. The SMILES string of the molecule is CC(C)C1CCNC(=O)C1NC(=O)OC(C)(C)C. The van der Waals surface area contributed by atoms with Gasteiger partial charge in [0.1, 0.15) is 11.6 Å². The van der Waals surface area contributed by atoms with Crippen molar-refractivity contribution < 1.29 is 14.3 Å². The molecule has 1 aliphatic heterocycles. The van der Waals surface area contributed by atoms with Gasteiger partial charge >= 0.3 is 6.09 Å². The standard InChI is InChI=1S/C13H24N2O3/c1-8(2)9-6-7-14-11(16)10(9)15-12(17)18-13(3,4)5/h8-10H,6-7H2,1-5H3,(H,14,16)(H,15,17). The highest BCUT2D eigenvalue weighted by Gasteiger charge is 2.35. The van der Waals surface area contributed by atoms with Crippen LogP contribution in [0, 0.1) is 11.8 Å². The first-order valence-electron chi connectivity index (χ1n) is 6.48. The largest absolute Gasteiger partial charge is 0.444 e. The first kappa shape index (κ1) is 14.8. The predicted octanol–water partition coefficient (Wildman–Crippen LogP) is 1.67. The summed E-state index contributed by atoms with van der Waals surface area (Å²) in [5, 5.41) is 5.46. The van der Waals surface area contributed by atoms with Crippen molar-refractivity contribution >= 4 is 12.0 Å². The third-order valence-electron chi connectivity index (χ3n) is 3.02. The molecule has 1 saturated heterocycles. The Kier molecular flexibility index (Phi) is 4.59. The van der Waals surface area contributed by atoms with E-state index in [1.807, 2.05) is 0 Å². The molecule has 1 aliphatic rings. The van der Waals surface area contributed by atoms with Crippen molar-refractivity contribution in [3.05, 3.63) is 0 Å². The maximum absolute atomic E-state index is 11.8. The van der Waals surface area contributed by atoms with Crippen molar-refractivity contribution in [1.29, 1.82) is 0 Å². The third kappa shape index (κ3) is 4.20. The van der Waals surface area contributed by atoms with E-state index in [9.17, 15) is 9.59 Å². The van der Waals surface area contributed by atoms with E-state index in [2.05, 4.69) is 24.5 Å². The zero-order valence-corrected chi connectivity index (χ0v) is 11.9. The van der Waals surface area contributed by atoms with Crippen LogP contribution in [0.15, 0.2) is 0 Å². The summed E-state index contributed by atoms with van der Waals surface area (Å²) in [5.74, 6) is 0.382. The molecule has 0 aliphatic carbocycles. The number of alkyl carbamates (subject to hydrolysis) is 1. The van der Waals surface area contributed by atoms with Crippen LogP contribution in [0.3, 0.4) is 0 Å². The zero-order valence-electron chi connectivity index (χ0n) is 11.9. The third-order valence-corrected chi connectivity index (χ3v) is 3.02. The van der Waals surface area contributed by atoms with E-state index >= 15 is 0 Å². The molecular weight excluding hydrogens is 232 g/mol. The van der Waals surface area contributed by atoms with E-state index in [0.29, 0.717) is 12.5 Å². The Hall–Kier alpha value is -1.26. The van der Waals surface area contributed by atoms with Crippen LogP contribution < -0.4 is 10.6 Å². The fourth-order valence-corrected chi connectivity index (χ4v) is 2.16. The molecule has 2 unspecified atom stereocenters. The van der Waals surface area contributed by atoms with Crippen molar-refractivity contribution in [2.45, 2.75) is 52.7 Å². The quantitative estimate of drug-likeness (QED) is 0.789. The van der Waals surface area contributed by atoms with E-state index in [-0.39, 0.29) is 11.8 Å². The number of amides is 2. The Morgan fingerprint density at radius 1 is 1.44 bits per heavy atom. The van der Waals surface area contributed by atoms with Crippen molar-refractivity contribution in [2.75, 3.05) is 6.54 Å². The van der Waals surface area contributed by atoms with Gasteiger partial charge in [0.2, 0.25) is 5.91 Å². The maximum Gasteiger partial charge on any atom is 0.408 e. The van der Waals surface area contributed by atoms with Gasteiger partial charge < -0.3 is 15.4 Å². The Bertz CT molecular complexity index is 321. The van der Waals surface area contributed by atoms with Crippen molar-refractivity contribution in [1.82, 2.24) is 10.6 Å². The molecule has 0 radical (unpaired) electrons. The molecule has 18 heavy (non-hydrogen) atoms. The average molecular weight is 256 g/mol. The summed E-state index contributed by atoms with van der Waals surface area (Å²) in [6.45, 7) is 10.2. The van der Waals surface area contributed by atoms with Crippen LogP contribution in [0.2, 0.25) is 0 Å². The lowest BCUT2D eigenvalue weighted by molar-refractivity contribution is -0.126. The van der Waals surface area contributed by atoms with Gasteiger partial charge in [-0.2, -0.15) is 0 Å². The second-order valence-corrected chi connectivity index (χ2v) is 6.11. The van der Waals surface area contributed by atoms with Gasteiger partial charge in [-0.1, -0.05) is 13.8 Å². The summed E-state index contributed by atoms with van der Waals surface area (Å²) >= 11 is 0. The van der Waals surface area contributed by atoms with Gasteiger partial charge in [-0.15, -0.1) is 0 Å². The number of ether oxygens (including phenoxy) is 1. The van der Waals surface area contributed by atoms with Crippen molar-refractivity contribution in [2.24, 2.45) is 11.8 Å². The summed E-state index contributed by atoms with van der Waals surface area (Å²) in [4.78, 5) is 23.6. The van der Waals surface area contributed by atoms with E-state index in [4.69, 9.17) is 4.74 Å². The Morgan fingerprint density at radius 3 is 2.56 bits per heavy atom. The molecule has 104 valence electrons. The summed E-state index contributed by atoms with van der Waals surface area (Å²) in [6.07, 6.45) is 0.347. The lowest BCUT2D eigenvalue weighted by atomic mass is 9.83. The lowest BCUT2D eigenvalue weighted by Gasteiger charge is -2.34. The summed E-state index contributed by atoms with van der Waals surface area (Å²) in [6, 6.07) is -0.492. The fraction of sp³-hybridized carbons (Fsp3) is 0.846. The van der Waals surface area contributed by atoms with Gasteiger partial charge in [0, 0.05) is 6.54 Å². The van der Waals surface area contributed by atoms with Crippen LogP contribution in [0.5, 0.6) is 0 Å². The number of hydrogen-bond acceptors (Lipinski definition) is 3. The fourth-order valence-electron chi connectivity index (χ4n) is 2.16. The number of carbonyl (C=O) groups is 2. The minimum absolute atomic E-state index is 0.120. The van der Waals surface area contributed by atoms with Gasteiger partial charge in [-0.25, -0.2) is 4.79 Å². The van der Waals surface area contributed by atoms with E-state index in [0.717, 1.165) is 6.42 Å². The van der Waals surface area contributed by atoms with Gasteiger partial charge in [0.05, 0.1) is 0 Å². The van der Waals surface area contributed by atoms with Crippen LogP contribution in [-0.2, 0) is 9.53 Å². The highest BCUT2D eigenvalue weighted by Crippen LogP contribution is 2.22. The predicted molar refractivity (Wildman–Crippen MR) is 69.1 cm³/mol. The molecule has 1 rings (SSSR count). The molecular formula is C13H24N2O3. The topological polar surface area (TPSA) is 67.4 Å². The van der Waals surface area contributed by atoms with Gasteiger partial charge in [-0.05, 0) is 39.0 Å². The van der Waals surface area contributed by atoms with Crippen LogP contribution in [0.25, 0.3) is 0 Å². The first-order valence-corrected chi connectivity index (χ1v) is 6.48. The molecule has 2 atom stereocenters. The molecule has 0 aromatic carbocycles. The molecule has 0 aromatic heterocycles. The first-order chi connectivity index (χ1) is 8.20. The minimum Gasteiger partial charge on any atom is -0.444 e. The summed E-state index contributed by atoms with van der Waals surface area (Å²) in [5.41, 5.74) is -0.553. The Morgan fingerprint density at radius 2 is 2.06 bits per heavy atom. The van der Waals surface area contributed by atoms with Gasteiger partial charge in [0.15, 0.2) is 0 Å². The molecule has 0 bridgehead atoms. The molecule has 5 heteroatoms. The minimum atomic E-state index is -0.553. The molecule has 0 aromatic rings. The van der Waals surface area contributed by atoms with Crippen LogP contribution >= 0.6 is 0 Å². The van der Waals surface area contributed by atoms with Crippen molar-refractivity contribution in [3.8, 4) is 0 Å². The number of carbonyl (C=O) groups excluding carboxylic acids is 2. The van der Waals surface area contributed by atoms with Gasteiger partial charge in [-0.3, -0.25) is 4.79 Å². The molecule has 0 spiro atoms. The van der Waals surface area contributed by atoms with Crippen LogP contribution in [0.4, 0.5) is 4.79 Å². The number of hydrogen-bond donors (Lipinski definition) is 2. The Balaban J connectivity index is 2.66. The number of piperidine rings is 1. The smallest absolute Gasteiger partial charge is 0.408 e. The lowest BCUT2D eigenvalue weighted by Crippen LogP contribution is -2.56. The average Bonchev–Trinajstić information content (AvgIpc) is 2.17. The second-order valence-electron chi connectivity index (χ2n) is 6.11. The van der Waals surface area contributed by atoms with E-state index in [1.54, 1.807) is 20.8 Å². The normalized spacial score (nSPS) is 24.7. The molecule has 1 fully saturated rings. The summed E-state index contributed by atoms with van der Waals surface area (Å²) in [7, 11) is 0. The number of rotatable bonds is 2. The molecule has 0 saturated carbocycles. The monoisotopic (exact) mass is 256 g/mol. The van der Waals surface area contributed by atoms with E-state index in [1.165, 1.54) is 0 Å². The molecule has 5 nitrogen and oxygen atoms in total. The number of nitrogens with one attached hydrogen (secondary N) is 2. The molecule has 1 heterocycles. The summed E-state index contributed by atoms with van der Waals surface area (Å²) < 4.78 is 5.19. The molecule has 2 amide bonds. The Labute approximate surface area is 109 Å². The highest BCUT2D eigenvalue weighted by molar-refractivity contribution is 5.86. The van der Waals surface area contributed by atoms with Crippen LogP contribution in [-0.4, -0.2) is 30.2 Å². The van der Waals surface area contributed by atoms with E-state index < -0.39 is 17.7 Å². The highest BCUT2D eigenvalue weighted by atomic mass is 16.6. The van der Waals surface area contributed by atoms with Crippen LogP contribution in [0.1, 0.15) is 41.0 Å².